The molecule has 6 nitrogen and oxygen atoms in total. The van der Waals surface area contributed by atoms with E-state index in [9.17, 15) is 4.79 Å². The fourth-order valence-electron chi connectivity index (χ4n) is 1.64. The molecule has 0 aliphatic carbocycles. The summed E-state index contributed by atoms with van der Waals surface area (Å²) < 4.78 is 6.75. The number of carbonyl (C=O) groups excluding carboxylic acids is 1. The molecule has 7 heteroatoms. The number of imidazole rings is 1. The minimum atomic E-state index is -0.134. The summed E-state index contributed by atoms with van der Waals surface area (Å²) >= 11 is 5.83. The predicted molar refractivity (Wildman–Crippen MR) is 67.7 cm³/mol. The van der Waals surface area contributed by atoms with Crippen molar-refractivity contribution in [3.05, 3.63) is 18.0 Å². The van der Waals surface area contributed by atoms with Crippen LogP contribution in [0.2, 0.25) is 0 Å². The summed E-state index contributed by atoms with van der Waals surface area (Å²) in [5.74, 6) is 1.17. The summed E-state index contributed by atoms with van der Waals surface area (Å²) in [7, 11) is 3.12. The first kappa shape index (κ1) is 12.6. The SMILES string of the molecule is CNC(=O)Cn1c(CCl)nc2ccc(OC)nc21. The second-order valence-corrected chi connectivity index (χ2v) is 3.88. The molecule has 0 aromatic carbocycles. The Morgan fingerprint density at radius 3 is 2.89 bits per heavy atom. The van der Waals surface area contributed by atoms with Gasteiger partial charge in [-0.15, -0.1) is 11.6 Å². The standard InChI is InChI=1S/C11H13ClN4O2/c1-13-9(17)6-16-8(5-12)14-7-3-4-10(18-2)15-11(7)16/h3-4H,5-6H2,1-2H3,(H,13,17). The normalized spacial score (nSPS) is 10.6. The Morgan fingerprint density at radius 2 is 2.28 bits per heavy atom. The average Bonchev–Trinajstić information content (AvgIpc) is 2.75. The van der Waals surface area contributed by atoms with Crippen LogP contribution in [-0.2, 0) is 17.2 Å². The number of pyridine rings is 1. The highest BCUT2D eigenvalue weighted by Crippen LogP contribution is 2.19. The third kappa shape index (κ3) is 2.24. The van der Waals surface area contributed by atoms with Crippen LogP contribution < -0.4 is 10.1 Å². The second-order valence-electron chi connectivity index (χ2n) is 3.62. The molecular formula is C11H13ClN4O2. The topological polar surface area (TPSA) is 69.0 Å². The van der Waals surface area contributed by atoms with Crippen LogP contribution in [0.25, 0.3) is 11.2 Å². The molecule has 2 heterocycles. The summed E-state index contributed by atoms with van der Waals surface area (Å²) in [6.45, 7) is 0.134. The number of halogens is 1. The summed E-state index contributed by atoms with van der Waals surface area (Å²) in [5, 5.41) is 2.56. The molecule has 0 aliphatic rings. The van der Waals surface area contributed by atoms with Gasteiger partial charge in [0, 0.05) is 13.1 Å². The Bertz CT molecular complexity index is 582. The van der Waals surface area contributed by atoms with Crippen molar-refractivity contribution in [2.45, 2.75) is 12.4 Å². The maximum atomic E-state index is 11.5. The third-order valence-electron chi connectivity index (χ3n) is 2.55. The number of aromatic nitrogens is 3. The first-order chi connectivity index (χ1) is 8.69. The summed E-state index contributed by atoms with van der Waals surface area (Å²) in [5.41, 5.74) is 1.28. The van der Waals surface area contributed by atoms with E-state index >= 15 is 0 Å². The Kier molecular flexibility index (Phi) is 3.66. The zero-order valence-corrected chi connectivity index (χ0v) is 10.9. The van der Waals surface area contributed by atoms with E-state index in [0.29, 0.717) is 22.9 Å². The van der Waals surface area contributed by atoms with Crippen LogP contribution in [0.5, 0.6) is 5.88 Å². The molecular weight excluding hydrogens is 256 g/mol. The lowest BCUT2D eigenvalue weighted by molar-refractivity contribution is -0.121. The Balaban J connectivity index is 2.55. The fourth-order valence-corrected chi connectivity index (χ4v) is 1.84. The number of likely N-dealkylation sites (N-methyl/N-ethyl adjacent to an activating group) is 1. The summed E-state index contributed by atoms with van der Waals surface area (Å²) in [6, 6.07) is 3.51. The minimum absolute atomic E-state index is 0.134. The van der Waals surface area contributed by atoms with Crippen LogP contribution in [0, 0.1) is 0 Å². The number of hydrogen-bond acceptors (Lipinski definition) is 4. The smallest absolute Gasteiger partial charge is 0.239 e. The summed E-state index contributed by atoms with van der Waals surface area (Å²) in [6.07, 6.45) is 0. The number of amides is 1. The number of nitrogens with one attached hydrogen (secondary N) is 1. The number of ether oxygens (including phenoxy) is 1. The zero-order valence-electron chi connectivity index (χ0n) is 10.1. The van der Waals surface area contributed by atoms with E-state index in [1.165, 1.54) is 7.11 Å². The molecule has 0 atom stereocenters. The lowest BCUT2D eigenvalue weighted by atomic mass is 10.4. The highest BCUT2D eigenvalue weighted by Gasteiger charge is 2.14. The van der Waals surface area contributed by atoms with Gasteiger partial charge in [0.15, 0.2) is 5.65 Å². The third-order valence-corrected chi connectivity index (χ3v) is 2.79. The average molecular weight is 269 g/mol. The van der Waals surface area contributed by atoms with E-state index in [-0.39, 0.29) is 18.3 Å². The lowest BCUT2D eigenvalue weighted by Gasteiger charge is -2.06. The maximum Gasteiger partial charge on any atom is 0.239 e. The van der Waals surface area contributed by atoms with Crippen LogP contribution in [0.1, 0.15) is 5.82 Å². The van der Waals surface area contributed by atoms with Gasteiger partial charge in [0.05, 0.1) is 13.0 Å². The number of fused-ring (bicyclic) bond motifs is 1. The molecule has 0 bridgehead atoms. The van der Waals surface area contributed by atoms with Crippen LogP contribution in [0.4, 0.5) is 0 Å². The van der Waals surface area contributed by atoms with Gasteiger partial charge < -0.3 is 14.6 Å². The van der Waals surface area contributed by atoms with Crippen molar-refractivity contribution in [2.75, 3.05) is 14.2 Å². The van der Waals surface area contributed by atoms with Gasteiger partial charge in [-0.25, -0.2) is 4.98 Å². The van der Waals surface area contributed by atoms with Crippen molar-refractivity contribution in [1.82, 2.24) is 19.9 Å². The molecule has 0 fully saturated rings. The van der Waals surface area contributed by atoms with Gasteiger partial charge in [-0.2, -0.15) is 4.98 Å². The van der Waals surface area contributed by atoms with Gasteiger partial charge in [0.1, 0.15) is 17.9 Å². The van der Waals surface area contributed by atoms with E-state index in [0.717, 1.165) is 0 Å². The van der Waals surface area contributed by atoms with Crippen molar-refractivity contribution >= 4 is 28.7 Å². The van der Waals surface area contributed by atoms with Gasteiger partial charge in [0.25, 0.3) is 0 Å². The second kappa shape index (κ2) is 5.22. The maximum absolute atomic E-state index is 11.5. The van der Waals surface area contributed by atoms with Gasteiger partial charge >= 0.3 is 0 Å². The molecule has 2 aromatic heterocycles. The Morgan fingerprint density at radius 1 is 1.50 bits per heavy atom. The monoisotopic (exact) mass is 268 g/mol. The van der Waals surface area contributed by atoms with E-state index < -0.39 is 0 Å². The predicted octanol–water partition coefficient (Wildman–Crippen LogP) is 0.925. The highest BCUT2D eigenvalue weighted by atomic mass is 35.5. The number of nitrogens with zero attached hydrogens (tertiary/aromatic N) is 3. The Hall–Kier alpha value is -1.82. The van der Waals surface area contributed by atoms with E-state index in [4.69, 9.17) is 16.3 Å². The van der Waals surface area contributed by atoms with Gasteiger partial charge in [0.2, 0.25) is 11.8 Å². The molecule has 0 aliphatic heterocycles. The van der Waals surface area contributed by atoms with E-state index in [1.807, 2.05) is 0 Å². The van der Waals surface area contributed by atoms with Crippen molar-refractivity contribution < 1.29 is 9.53 Å². The number of alkyl halides is 1. The lowest BCUT2D eigenvalue weighted by Crippen LogP contribution is -2.24. The fraction of sp³-hybridized carbons (Fsp3) is 0.364. The van der Waals surface area contributed by atoms with Crippen LogP contribution in [-0.4, -0.2) is 34.6 Å². The number of methoxy groups -OCH3 is 1. The molecule has 2 aromatic rings. The largest absolute Gasteiger partial charge is 0.481 e. The van der Waals surface area contributed by atoms with Crippen molar-refractivity contribution in [2.24, 2.45) is 0 Å². The summed E-state index contributed by atoms with van der Waals surface area (Å²) in [4.78, 5) is 20.1. The van der Waals surface area contributed by atoms with Crippen molar-refractivity contribution in [1.29, 1.82) is 0 Å². The van der Waals surface area contributed by atoms with Crippen LogP contribution in [0.15, 0.2) is 12.1 Å². The van der Waals surface area contributed by atoms with Gasteiger partial charge in [-0.05, 0) is 6.07 Å². The first-order valence-corrected chi connectivity index (χ1v) is 5.89. The van der Waals surface area contributed by atoms with Crippen molar-refractivity contribution in [3.8, 4) is 5.88 Å². The van der Waals surface area contributed by atoms with E-state index in [2.05, 4.69) is 15.3 Å². The first-order valence-electron chi connectivity index (χ1n) is 5.36. The molecule has 1 amide bonds. The molecule has 18 heavy (non-hydrogen) atoms. The van der Waals surface area contributed by atoms with Crippen molar-refractivity contribution in [3.63, 3.8) is 0 Å². The minimum Gasteiger partial charge on any atom is -0.481 e. The molecule has 0 saturated carbocycles. The molecule has 0 saturated heterocycles. The molecule has 0 radical (unpaired) electrons. The molecule has 96 valence electrons. The zero-order chi connectivity index (χ0) is 13.1. The highest BCUT2D eigenvalue weighted by molar-refractivity contribution is 6.16. The molecule has 0 unspecified atom stereocenters. The molecule has 1 N–H and O–H groups in total. The van der Waals surface area contributed by atoms with Gasteiger partial charge in [-0.3, -0.25) is 4.79 Å². The quantitative estimate of drug-likeness (QED) is 0.838. The van der Waals surface area contributed by atoms with Crippen LogP contribution >= 0.6 is 11.6 Å². The van der Waals surface area contributed by atoms with E-state index in [1.54, 1.807) is 23.7 Å². The molecule has 0 spiro atoms. The Labute approximate surface area is 109 Å². The number of carbonyl (C=O) groups is 1. The van der Waals surface area contributed by atoms with Gasteiger partial charge in [-0.1, -0.05) is 0 Å². The number of rotatable bonds is 4. The molecule has 2 rings (SSSR count). The number of hydrogen-bond donors (Lipinski definition) is 1. The van der Waals surface area contributed by atoms with Crippen LogP contribution in [0.3, 0.4) is 0 Å².